The fraction of sp³-hybridized carbons (Fsp3) is 0.818. The van der Waals surface area contributed by atoms with E-state index in [4.69, 9.17) is 4.74 Å². The van der Waals surface area contributed by atoms with Crippen molar-refractivity contribution in [2.45, 2.75) is 39.0 Å². The fourth-order valence-electron chi connectivity index (χ4n) is 1.12. The molecule has 5 heteroatoms. The van der Waals surface area contributed by atoms with E-state index in [-0.39, 0.29) is 6.42 Å². The molecule has 0 aromatic heterocycles. The largest absolute Gasteiger partial charge is 0.466 e. The van der Waals surface area contributed by atoms with Crippen molar-refractivity contribution in [3.8, 4) is 0 Å². The second kappa shape index (κ2) is 10.9. The Bertz CT molecular complexity index is 206. The normalized spacial score (nSPS) is 9.88. The van der Waals surface area contributed by atoms with Crippen LogP contribution in [0.2, 0.25) is 0 Å². The number of carbonyl (C=O) groups is 2. The Labute approximate surface area is 105 Å². The van der Waals surface area contributed by atoms with Crippen LogP contribution in [-0.4, -0.2) is 30.5 Å². The molecule has 0 radical (unpaired) electrons. The molecule has 0 atom stereocenters. The van der Waals surface area contributed by atoms with Crippen molar-refractivity contribution in [2.75, 3.05) is 18.5 Å². The average molecular weight is 295 g/mol. The summed E-state index contributed by atoms with van der Waals surface area (Å²) >= 11 is 3.35. The van der Waals surface area contributed by atoms with Crippen molar-refractivity contribution in [1.29, 1.82) is 0 Å². The van der Waals surface area contributed by atoms with Gasteiger partial charge in [0.2, 0.25) is 0 Å². The lowest BCUT2D eigenvalue weighted by molar-refractivity contribution is -0.154. The number of carbonyl (C=O) groups excluding carboxylic acids is 2. The summed E-state index contributed by atoms with van der Waals surface area (Å²) in [5.41, 5.74) is 0. The molecule has 0 heterocycles. The number of ether oxygens (including phenoxy) is 2. The first-order valence-electron chi connectivity index (χ1n) is 5.58. The number of rotatable bonds is 9. The molecule has 0 fully saturated rings. The summed E-state index contributed by atoms with van der Waals surface area (Å²) in [7, 11) is 0. The molecule has 0 aliphatic heterocycles. The van der Waals surface area contributed by atoms with E-state index < -0.39 is 11.9 Å². The molecule has 0 aromatic rings. The van der Waals surface area contributed by atoms with Gasteiger partial charge in [0.05, 0.1) is 13.2 Å². The molecule has 94 valence electrons. The van der Waals surface area contributed by atoms with Gasteiger partial charge in [0.1, 0.15) is 6.42 Å². The lowest BCUT2D eigenvalue weighted by Gasteiger charge is -2.04. The van der Waals surface area contributed by atoms with Crippen molar-refractivity contribution in [2.24, 2.45) is 0 Å². The minimum Gasteiger partial charge on any atom is -0.466 e. The smallest absolute Gasteiger partial charge is 0.317 e. The Balaban J connectivity index is 3.33. The van der Waals surface area contributed by atoms with Gasteiger partial charge in [-0.2, -0.15) is 0 Å². The maximum absolute atomic E-state index is 11.1. The van der Waals surface area contributed by atoms with Crippen LogP contribution >= 0.6 is 15.9 Å². The minimum atomic E-state index is -0.521. The molecule has 0 rings (SSSR count). The topological polar surface area (TPSA) is 52.6 Å². The van der Waals surface area contributed by atoms with Crippen LogP contribution in [0.3, 0.4) is 0 Å². The number of hydrogen-bond donors (Lipinski definition) is 0. The van der Waals surface area contributed by atoms with Crippen LogP contribution < -0.4 is 0 Å². The van der Waals surface area contributed by atoms with E-state index >= 15 is 0 Å². The zero-order chi connectivity index (χ0) is 12.2. The number of hydrogen-bond acceptors (Lipinski definition) is 4. The predicted octanol–water partition coefficient (Wildman–Crippen LogP) is 2.44. The molecule has 0 unspecified atom stereocenters. The lowest BCUT2D eigenvalue weighted by Crippen LogP contribution is -2.14. The van der Waals surface area contributed by atoms with Crippen LogP contribution in [0.5, 0.6) is 0 Å². The maximum Gasteiger partial charge on any atom is 0.317 e. The third-order valence-electron chi connectivity index (χ3n) is 1.89. The molecule has 0 aliphatic carbocycles. The lowest BCUT2D eigenvalue weighted by atomic mass is 10.2. The van der Waals surface area contributed by atoms with Gasteiger partial charge in [-0.1, -0.05) is 28.8 Å². The molecule has 0 aliphatic rings. The van der Waals surface area contributed by atoms with E-state index in [1.54, 1.807) is 6.92 Å². The van der Waals surface area contributed by atoms with Gasteiger partial charge >= 0.3 is 11.9 Å². The summed E-state index contributed by atoms with van der Waals surface area (Å²) in [5, 5.41) is 1.01. The molecule has 16 heavy (non-hydrogen) atoms. The Morgan fingerprint density at radius 1 is 1.00 bits per heavy atom. The summed E-state index contributed by atoms with van der Waals surface area (Å²) in [6, 6.07) is 0. The zero-order valence-electron chi connectivity index (χ0n) is 9.67. The highest BCUT2D eigenvalue weighted by molar-refractivity contribution is 9.09. The highest BCUT2D eigenvalue weighted by Crippen LogP contribution is 2.02. The van der Waals surface area contributed by atoms with Gasteiger partial charge in [0.15, 0.2) is 0 Å². The van der Waals surface area contributed by atoms with Crippen molar-refractivity contribution >= 4 is 27.9 Å². The monoisotopic (exact) mass is 294 g/mol. The number of esters is 2. The van der Waals surface area contributed by atoms with Crippen LogP contribution in [0, 0.1) is 0 Å². The van der Waals surface area contributed by atoms with E-state index in [1.165, 1.54) is 0 Å². The van der Waals surface area contributed by atoms with Gasteiger partial charge in [0, 0.05) is 5.33 Å². The average Bonchev–Trinajstić information content (AvgIpc) is 2.23. The van der Waals surface area contributed by atoms with E-state index in [9.17, 15) is 9.59 Å². The predicted molar refractivity (Wildman–Crippen MR) is 64.5 cm³/mol. The highest BCUT2D eigenvalue weighted by Gasteiger charge is 2.10. The molecule has 4 nitrogen and oxygen atoms in total. The summed E-state index contributed by atoms with van der Waals surface area (Å²) < 4.78 is 9.51. The Morgan fingerprint density at radius 2 is 1.62 bits per heavy atom. The van der Waals surface area contributed by atoms with Crippen LogP contribution in [-0.2, 0) is 19.1 Å². The number of halogens is 1. The fourth-order valence-corrected chi connectivity index (χ4v) is 1.51. The van der Waals surface area contributed by atoms with Crippen molar-refractivity contribution in [1.82, 2.24) is 0 Å². The van der Waals surface area contributed by atoms with Gasteiger partial charge < -0.3 is 9.47 Å². The van der Waals surface area contributed by atoms with E-state index in [1.807, 2.05) is 0 Å². The van der Waals surface area contributed by atoms with Crippen molar-refractivity contribution in [3.63, 3.8) is 0 Å². The van der Waals surface area contributed by atoms with Crippen LogP contribution in [0.15, 0.2) is 0 Å². The third-order valence-corrected chi connectivity index (χ3v) is 2.45. The standard InChI is InChI=1S/C11H19BrO4/c1-2-15-10(13)9-11(14)16-8-6-4-3-5-7-12/h2-9H2,1H3. The number of unbranched alkanes of at least 4 members (excludes halogenated alkanes) is 3. The molecule has 0 N–H and O–H groups in total. The van der Waals surface area contributed by atoms with Gasteiger partial charge in [0.25, 0.3) is 0 Å². The first-order chi connectivity index (χ1) is 7.70. The van der Waals surface area contributed by atoms with Crippen LogP contribution in [0.25, 0.3) is 0 Å². The van der Waals surface area contributed by atoms with Gasteiger partial charge in [-0.25, -0.2) is 0 Å². The van der Waals surface area contributed by atoms with Crippen molar-refractivity contribution in [3.05, 3.63) is 0 Å². The maximum atomic E-state index is 11.1. The van der Waals surface area contributed by atoms with Crippen molar-refractivity contribution < 1.29 is 19.1 Å². The van der Waals surface area contributed by atoms with E-state index in [0.717, 1.165) is 31.0 Å². The van der Waals surface area contributed by atoms with E-state index in [0.29, 0.717) is 13.2 Å². The zero-order valence-corrected chi connectivity index (χ0v) is 11.3. The first-order valence-corrected chi connectivity index (χ1v) is 6.70. The quantitative estimate of drug-likeness (QED) is 0.284. The molecular weight excluding hydrogens is 276 g/mol. The van der Waals surface area contributed by atoms with Gasteiger partial charge in [-0.15, -0.1) is 0 Å². The van der Waals surface area contributed by atoms with Crippen LogP contribution in [0.4, 0.5) is 0 Å². The third kappa shape index (κ3) is 9.96. The Kier molecular flexibility index (Phi) is 10.5. The molecule has 0 saturated heterocycles. The van der Waals surface area contributed by atoms with Gasteiger partial charge in [-0.3, -0.25) is 9.59 Å². The summed E-state index contributed by atoms with van der Waals surface area (Å²) in [6.07, 6.45) is 3.87. The second-order valence-corrected chi connectivity index (χ2v) is 4.10. The summed E-state index contributed by atoms with van der Waals surface area (Å²) in [4.78, 5) is 22.0. The molecule has 0 saturated carbocycles. The van der Waals surface area contributed by atoms with Gasteiger partial charge in [-0.05, 0) is 19.8 Å². The summed E-state index contributed by atoms with van der Waals surface area (Å²) in [5.74, 6) is -1.02. The highest BCUT2D eigenvalue weighted by atomic mass is 79.9. The molecule has 0 bridgehead atoms. The summed E-state index contributed by atoms with van der Waals surface area (Å²) in [6.45, 7) is 2.38. The molecule has 0 amide bonds. The Morgan fingerprint density at radius 3 is 2.25 bits per heavy atom. The minimum absolute atomic E-state index is 0.282. The SMILES string of the molecule is CCOC(=O)CC(=O)OCCCCCCBr. The van der Waals surface area contributed by atoms with E-state index in [2.05, 4.69) is 20.7 Å². The number of alkyl halides is 1. The first kappa shape index (κ1) is 15.4. The second-order valence-electron chi connectivity index (χ2n) is 3.31. The van der Waals surface area contributed by atoms with Crippen LogP contribution in [0.1, 0.15) is 39.0 Å². The molecule has 0 spiro atoms. The Hall–Kier alpha value is -0.580. The molecule has 0 aromatic carbocycles. The molecular formula is C11H19BrO4.